The van der Waals surface area contributed by atoms with Gasteiger partial charge in [-0.2, -0.15) is 0 Å². The van der Waals surface area contributed by atoms with Crippen LogP contribution in [0.2, 0.25) is 0 Å². The molecule has 0 aromatic carbocycles. The number of carbonyl (C=O) groups is 1. The van der Waals surface area contributed by atoms with E-state index < -0.39 is 0 Å². The lowest BCUT2D eigenvalue weighted by atomic mass is 9.76. The van der Waals surface area contributed by atoms with Crippen LogP contribution >= 0.6 is 0 Å². The fourth-order valence-electron chi connectivity index (χ4n) is 2.23. The van der Waals surface area contributed by atoms with Crippen LogP contribution in [0.5, 0.6) is 0 Å². The molecule has 1 amide bonds. The summed E-state index contributed by atoms with van der Waals surface area (Å²) in [6.07, 6.45) is 7.38. The Bertz CT molecular complexity index is 214. The van der Waals surface area contributed by atoms with E-state index in [1.807, 2.05) is 0 Å². The lowest BCUT2D eigenvalue weighted by Crippen LogP contribution is -2.56. The van der Waals surface area contributed by atoms with Crippen molar-refractivity contribution in [1.29, 1.82) is 0 Å². The molecule has 14 heavy (non-hydrogen) atoms. The van der Waals surface area contributed by atoms with Gasteiger partial charge in [0.05, 0.1) is 12.1 Å². The molecule has 80 valence electrons. The van der Waals surface area contributed by atoms with Crippen LogP contribution in [0.4, 0.5) is 0 Å². The topological polar surface area (TPSA) is 49.3 Å². The molecule has 0 aromatic rings. The fraction of sp³-hybridized carbons (Fsp3) is 0.909. The number of amides is 1. The predicted molar refractivity (Wildman–Crippen MR) is 53.8 cm³/mol. The number of rotatable bonds is 4. The zero-order valence-corrected chi connectivity index (χ0v) is 8.59. The Balaban J connectivity index is 1.75. The monoisotopic (exact) mass is 197 g/mol. The van der Waals surface area contributed by atoms with Crippen molar-refractivity contribution in [3.05, 3.63) is 0 Å². The van der Waals surface area contributed by atoms with Gasteiger partial charge >= 0.3 is 0 Å². The molecule has 0 saturated heterocycles. The minimum absolute atomic E-state index is 0.101. The Morgan fingerprint density at radius 1 is 1.36 bits per heavy atom. The molecule has 0 spiro atoms. The second-order valence-corrected chi connectivity index (χ2v) is 4.84. The van der Waals surface area contributed by atoms with Crippen molar-refractivity contribution in [1.82, 2.24) is 5.32 Å². The Hall–Kier alpha value is -0.570. The maximum Gasteiger partial charge on any atom is 0.220 e. The largest absolute Gasteiger partial charge is 0.394 e. The van der Waals surface area contributed by atoms with Gasteiger partial charge in [-0.05, 0) is 38.0 Å². The van der Waals surface area contributed by atoms with E-state index in [4.69, 9.17) is 0 Å². The summed E-state index contributed by atoms with van der Waals surface area (Å²) in [5.41, 5.74) is -0.249. The smallest absolute Gasteiger partial charge is 0.220 e. The molecule has 2 rings (SSSR count). The fourth-order valence-corrected chi connectivity index (χ4v) is 2.23. The first-order valence-corrected chi connectivity index (χ1v) is 5.66. The van der Waals surface area contributed by atoms with E-state index in [2.05, 4.69) is 5.32 Å². The molecule has 0 heterocycles. The average Bonchev–Trinajstić information content (AvgIpc) is 2.04. The SMILES string of the molecule is O=C(CC1CCC1)NC1(CO)CCC1. The predicted octanol–water partition coefficient (Wildman–Crippen LogP) is 1.21. The highest BCUT2D eigenvalue weighted by atomic mass is 16.3. The van der Waals surface area contributed by atoms with E-state index >= 15 is 0 Å². The highest BCUT2D eigenvalue weighted by molar-refractivity contribution is 5.77. The third-order valence-electron chi connectivity index (χ3n) is 3.72. The van der Waals surface area contributed by atoms with Crippen molar-refractivity contribution in [3.8, 4) is 0 Å². The summed E-state index contributed by atoms with van der Waals surface area (Å²) in [6, 6.07) is 0. The lowest BCUT2D eigenvalue weighted by Gasteiger charge is -2.41. The molecule has 0 atom stereocenters. The van der Waals surface area contributed by atoms with Gasteiger partial charge in [-0.25, -0.2) is 0 Å². The molecular weight excluding hydrogens is 178 g/mol. The Kier molecular flexibility index (Phi) is 2.77. The van der Waals surface area contributed by atoms with Crippen molar-refractivity contribution in [2.75, 3.05) is 6.61 Å². The number of carbonyl (C=O) groups excluding carboxylic acids is 1. The summed E-state index contributed by atoms with van der Waals surface area (Å²) in [5.74, 6) is 0.759. The number of nitrogens with one attached hydrogen (secondary N) is 1. The lowest BCUT2D eigenvalue weighted by molar-refractivity contribution is -0.126. The Morgan fingerprint density at radius 3 is 2.43 bits per heavy atom. The highest BCUT2D eigenvalue weighted by Crippen LogP contribution is 2.33. The zero-order valence-electron chi connectivity index (χ0n) is 8.59. The third kappa shape index (κ3) is 1.92. The van der Waals surface area contributed by atoms with E-state index in [0.717, 1.165) is 19.3 Å². The van der Waals surface area contributed by atoms with Gasteiger partial charge < -0.3 is 10.4 Å². The summed E-state index contributed by atoms with van der Waals surface area (Å²) >= 11 is 0. The molecule has 0 unspecified atom stereocenters. The molecule has 2 fully saturated rings. The summed E-state index contributed by atoms with van der Waals surface area (Å²) in [6.45, 7) is 0.101. The van der Waals surface area contributed by atoms with E-state index in [1.165, 1.54) is 19.3 Å². The molecule has 2 N–H and O–H groups in total. The Morgan fingerprint density at radius 2 is 2.07 bits per heavy atom. The number of aliphatic hydroxyl groups is 1. The standard InChI is InChI=1S/C11H19NO2/c13-8-11(5-2-6-11)12-10(14)7-9-3-1-4-9/h9,13H,1-8H2,(H,12,14). The van der Waals surface area contributed by atoms with Crippen LogP contribution in [0.25, 0.3) is 0 Å². The van der Waals surface area contributed by atoms with Crippen LogP contribution in [0.3, 0.4) is 0 Å². The second-order valence-electron chi connectivity index (χ2n) is 4.84. The minimum atomic E-state index is -0.249. The molecule has 2 aliphatic rings. The quantitative estimate of drug-likeness (QED) is 0.711. The first kappa shape index (κ1) is 9.97. The molecule has 0 aromatic heterocycles. The van der Waals surface area contributed by atoms with E-state index in [9.17, 15) is 9.90 Å². The average molecular weight is 197 g/mol. The van der Waals surface area contributed by atoms with Crippen LogP contribution in [0.15, 0.2) is 0 Å². The van der Waals surface area contributed by atoms with Crippen molar-refractivity contribution < 1.29 is 9.90 Å². The minimum Gasteiger partial charge on any atom is -0.394 e. The normalized spacial score (nSPS) is 24.9. The van der Waals surface area contributed by atoms with Gasteiger partial charge in [-0.3, -0.25) is 4.79 Å². The second kappa shape index (κ2) is 3.89. The molecule has 0 bridgehead atoms. The van der Waals surface area contributed by atoms with Gasteiger partial charge in [0.15, 0.2) is 0 Å². The summed E-state index contributed by atoms with van der Waals surface area (Å²) in [4.78, 5) is 11.6. The van der Waals surface area contributed by atoms with Gasteiger partial charge in [-0.1, -0.05) is 6.42 Å². The highest BCUT2D eigenvalue weighted by Gasteiger charge is 2.38. The van der Waals surface area contributed by atoms with Crippen molar-refractivity contribution in [2.24, 2.45) is 5.92 Å². The maximum atomic E-state index is 11.6. The van der Waals surface area contributed by atoms with Crippen molar-refractivity contribution >= 4 is 5.91 Å². The van der Waals surface area contributed by atoms with E-state index in [-0.39, 0.29) is 18.1 Å². The van der Waals surface area contributed by atoms with Gasteiger partial charge in [-0.15, -0.1) is 0 Å². The molecule has 3 nitrogen and oxygen atoms in total. The number of hydrogen-bond donors (Lipinski definition) is 2. The van der Waals surface area contributed by atoms with Gasteiger partial charge in [0.2, 0.25) is 5.91 Å². The van der Waals surface area contributed by atoms with Crippen molar-refractivity contribution in [3.63, 3.8) is 0 Å². The summed E-state index contributed by atoms with van der Waals surface area (Å²) in [7, 11) is 0. The summed E-state index contributed by atoms with van der Waals surface area (Å²) < 4.78 is 0. The number of hydrogen-bond acceptors (Lipinski definition) is 2. The van der Waals surface area contributed by atoms with Gasteiger partial charge in [0.1, 0.15) is 0 Å². The molecule has 2 saturated carbocycles. The molecular formula is C11H19NO2. The van der Waals surface area contributed by atoms with Crippen molar-refractivity contribution in [2.45, 2.75) is 50.5 Å². The first-order valence-electron chi connectivity index (χ1n) is 5.66. The van der Waals surface area contributed by atoms with E-state index in [1.54, 1.807) is 0 Å². The zero-order chi connectivity index (χ0) is 10.0. The first-order chi connectivity index (χ1) is 6.74. The summed E-state index contributed by atoms with van der Waals surface area (Å²) in [5, 5.41) is 12.2. The van der Waals surface area contributed by atoms with Crippen LogP contribution in [-0.2, 0) is 4.79 Å². The molecule has 0 aliphatic heterocycles. The molecule has 2 aliphatic carbocycles. The molecule has 3 heteroatoms. The molecule has 0 radical (unpaired) electrons. The Labute approximate surface area is 84.9 Å². The van der Waals surface area contributed by atoms with Crippen LogP contribution in [0.1, 0.15) is 44.9 Å². The third-order valence-corrected chi connectivity index (χ3v) is 3.72. The van der Waals surface area contributed by atoms with Crippen LogP contribution in [-0.4, -0.2) is 23.2 Å². The van der Waals surface area contributed by atoms with Crippen LogP contribution < -0.4 is 5.32 Å². The van der Waals surface area contributed by atoms with Gasteiger partial charge in [0.25, 0.3) is 0 Å². The maximum absolute atomic E-state index is 11.6. The number of aliphatic hydroxyl groups excluding tert-OH is 1. The van der Waals surface area contributed by atoms with Crippen LogP contribution in [0, 0.1) is 5.92 Å². The van der Waals surface area contributed by atoms with E-state index in [0.29, 0.717) is 12.3 Å². The van der Waals surface area contributed by atoms with Gasteiger partial charge in [0, 0.05) is 6.42 Å².